The number of anilines is 1. The number of tetrazole rings is 1. The number of nitriles is 1. The number of hydrogen-bond acceptors (Lipinski definition) is 7. The number of hydrogen-bond donors (Lipinski definition) is 1. The topological polar surface area (TPSA) is 106 Å². The molecule has 0 spiro atoms. The Balaban J connectivity index is 1.45. The number of ether oxygens (including phenoxy) is 1. The fourth-order valence-electron chi connectivity index (χ4n) is 3.99. The SMILES string of the molecule is COc1ccc(-c2nnn(CC(=O)Nc3sc4c(c3C#N)CC[C@@H](C(C)(C)C)C4)n2)cc1. The predicted octanol–water partition coefficient (Wildman–Crippen LogP) is 4.07. The Morgan fingerprint density at radius 3 is 2.75 bits per heavy atom. The molecule has 0 fully saturated rings. The van der Waals surface area contributed by atoms with Crippen LogP contribution in [0, 0.1) is 22.7 Å². The van der Waals surface area contributed by atoms with Gasteiger partial charge in [0.25, 0.3) is 0 Å². The molecule has 2 heterocycles. The highest BCUT2D eigenvalue weighted by atomic mass is 32.1. The van der Waals surface area contributed by atoms with E-state index in [9.17, 15) is 10.1 Å². The molecule has 2 aromatic heterocycles. The Morgan fingerprint density at radius 1 is 1.34 bits per heavy atom. The molecule has 166 valence electrons. The molecule has 1 amide bonds. The fraction of sp³-hybridized carbons (Fsp3) is 0.435. The highest BCUT2D eigenvalue weighted by Gasteiger charge is 2.32. The zero-order valence-electron chi connectivity index (χ0n) is 18.7. The smallest absolute Gasteiger partial charge is 0.248 e. The minimum absolute atomic E-state index is 0.0821. The summed E-state index contributed by atoms with van der Waals surface area (Å²) in [5, 5.41) is 25.5. The quantitative estimate of drug-likeness (QED) is 0.628. The van der Waals surface area contributed by atoms with E-state index in [1.54, 1.807) is 7.11 Å². The van der Waals surface area contributed by atoms with Gasteiger partial charge in [0, 0.05) is 10.4 Å². The maximum Gasteiger partial charge on any atom is 0.248 e. The lowest BCUT2D eigenvalue weighted by Gasteiger charge is -2.33. The molecular formula is C23H26N6O2S. The molecule has 1 aliphatic carbocycles. The van der Waals surface area contributed by atoms with E-state index in [4.69, 9.17) is 4.74 Å². The van der Waals surface area contributed by atoms with Gasteiger partial charge in [0.2, 0.25) is 11.7 Å². The monoisotopic (exact) mass is 450 g/mol. The molecule has 0 unspecified atom stereocenters. The van der Waals surface area contributed by atoms with Gasteiger partial charge in [-0.2, -0.15) is 10.1 Å². The van der Waals surface area contributed by atoms with Crippen molar-refractivity contribution in [2.45, 2.75) is 46.6 Å². The van der Waals surface area contributed by atoms with Crippen molar-refractivity contribution in [3.8, 4) is 23.2 Å². The maximum atomic E-state index is 12.7. The number of methoxy groups -OCH3 is 1. The maximum absolute atomic E-state index is 12.7. The van der Waals surface area contributed by atoms with Gasteiger partial charge in [-0.1, -0.05) is 20.8 Å². The highest BCUT2D eigenvalue weighted by molar-refractivity contribution is 7.16. The van der Waals surface area contributed by atoms with Crippen molar-refractivity contribution in [1.29, 1.82) is 5.26 Å². The molecule has 0 bridgehead atoms. The molecule has 1 atom stereocenters. The van der Waals surface area contributed by atoms with Crippen LogP contribution in [-0.2, 0) is 24.2 Å². The molecule has 0 saturated carbocycles. The van der Waals surface area contributed by atoms with Crippen LogP contribution in [0.2, 0.25) is 0 Å². The first-order valence-corrected chi connectivity index (χ1v) is 11.4. The number of rotatable bonds is 5. The van der Waals surface area contributed by atoms with Gasteiger partial charge in [0.05, 0.1) is 12.7 Å². The third-order valence-corrected chi connectivity index (χ3v) is 7.11. The van der Waals surface area contributed by atoms with Crippen LogP contribution < -0.4 is 10.1 Å². The average molecular weight is 451 g/mol. The van der Waals surface area contributed by atoms with Crippen molar-refractivity contribution in [3.63, 3.8) is 0 Å². The van der Waals surface area contributed by atoms with Crippen LogP contribution in [0.1, 0.15) is 43.2 Å². The van der Waals surface area contributed by atoms with Gasteiger partial charge in [-0.05, 0) is 65.6 Å². The molecule has 0 saturated heterocycles. The summed E-state index contributed by atoms with van der Waals surface area (Å²) in [7, 11) is 1.60. The second-order valence-electron chi connectivity index (χ2n) is 9.05. The van der Waals surface area contributed by atoms with E-state index in [1.807, 2.05) is 24.3 Å². The zero-order chi connectivity index (χ0) is 22.9. The first-order chi connectivity index (χ1) is 15.3. The van der Waals surface area contributed by atoms with Crippen LogP contribution in [0.15, 0.2) is 24.3 Å². The Kier molecular flexibility index (Phi) is 5.98. The van der Waals surface area contributed by atoms with Crippen LogP contribution in [0.5, 0.6) is 5.75 Å². The van der Waals surface area contributed by atoms with E-state index in [0.29, 0.717) is 22.3 Å². The third kappa shape index (κ3) is 4.50. The fourth-order valence-corrected chi connectivity index (χ4v) is 5.29. The van der Waals surface area contributed by atoms with Gasteiger partial charge in [-0.3, -0.25) is 4.79 Å². The number of nitrogens with zero attached hydrogens (tertiary/aromatic N) is 5. The van der Waals surface area contributed by atoms with Crippen LogP contribution >= 0.6 is 11.3 Å². The Hall–Kier alpha value is -3.25. The Labute approximate surface area is 191 Å². The summed E-state index contributed by atoms with van der Waals surface area (Å²) in [4.78, 5) is 15.1. The summed E-state index contributed by atoms with van der Waals surface area (Å²) in [6.07, 6.45) is 2.89. The number of thiophene rings is 1. The zero-order valence-corrected chi connectivity index (χ0v) is 19.5. The van der Waals surface area contributed by atoms with E-state index in [-0.39, 0.29) is 17.9 Å². The normalized spacial score (nSPS) is 15.7. The predicted molar refractivity (Wildman–Crippen MR) is 122 cm³/mol. The molecule has 1 aliphatic rings. The molecule has 32 heavy (non-hydrogen) atoms. The number of amides is 1. The molecular weight excluding hydrogens is 424 g/mol. The lowest BCUT2D eigenvalue weighted by atomic mass is 9.72. The first-order valence-electron chi connectivity index (χ1n) is 10.5. The second kappa shape index (κ2) is 8.71. The molecule has 4 rings (SSSR count). The number of carbonyl (C=O) groups is 1. The van der Waals surface area contributed by atoms with Crippen LogP contribution in [0.25, 0.3) is 11.4 Å². The molecule has 9 heteroatoms. The van der Waals surface area contributed by atoms with Crippen molar-refractivity contribution in [2.24, 2.45) is 11.3 Å². The number of aromatic nitrogens is 4. The van der Waals surface area contributed by atoms with E-state index in [2.05, 4.69) is 47.6 Å². The summed E-state index contributed by atoms with van der Waals surface area (Å²) in [6.45, 7) is 6.70. The van der Waals surface area contributed by atoms with Gasteiger partial charge < -0.3 is 10.1 Å². The molecule has 8 nitrogen and oxygen atoms in total. The van der Waals surface area contributed by atoms with Crippen molar-refractivity contribution in [2.75, 3.05) is 12.4 Å². The molecule has 0 aliphatic heterocycles. The first kappa shape index (κ1) is 22.0. The Morgan fingerprint density at radius 2 is 2.09 bits per heavy atom. The van der Waals surface area contributed by atoms with Crippen molar-refractivity contribution < 1.29 is 9.53 Å². The molecule has 3 aromatic rings. The lowest BCUT2D eigenvalue weighted by Crippen LogP contribution is -2.26. The van der Waals surface area contributed by atoms with Gasteiger partial charge in [-0.15, -0.1) is 21.5 Å². The van der Waals surface area contributed by atoms with Crippen molar-refractivity contribution in [3.05, 3.63) is 40.3 Å². The average Bonchev–Trinajstić information content (AvgIpc) is 3.36. The number of benzene rings is 1. The third-order valence-electron chi connectivity index (χ3n) is 5.94. The Bertz CT molecular complexity index is 1170. The number of fused-ring (bicyclic) bond motifs is 1. The van der Waals surface area contributed by atoms with Crippen LogP contribution in [0.4, 0.5) is 5.00 Å². The summed E-state index contributed by atoms with van der Waals surface area (Å²) in [5.41, 5.74) is 2.69. The molecule has 1 aromatic carbocycles. The van der Waals surface area contributed by atoms with Gasteiger partial charge in [-0.25, -0.2) is 0 Å². The van der Waals surface area contributed by atoms with Gasteiger partial charge in [0.15, 0.2) is 0 Å². The van der Waals surface area contributed by atoms with Crippen LogP contribution in [-0.4, -0.2) is 33.2 Å². The van der Waals surface area contributed by atoms with Crippen LogP contribution in [0.3, 0.4) is 0 Å². The summed E-state index contributed by atoms with van der Waals surface area (Å²) in [6, 6.07) is 9.59. The van der Waals surface area contributed by atoms with Gasteiger partial charge >= 0.3 is 0 Å². The molecule has 1 N–H and O–H groups in total. The largest absolute Gasteiger partial charge is 0.497 e. The molecule has 0 radical (unpaired) electrons. The lowest BCUT2D eigenvalue weighted by molar-refractivity contribution is -0.117. The summed E-state index contributed by atoms with van der Waals surface area (Å²) < 4.78 is 5.15. The van der Waals surface area contributed by atoms with E-state index in [0.717, 1.165) is 36.1 Å². The standard InChI is InChI=1S/C23H26N6O2S/c1-23(2,3)15-7-10-17-18(12-24)22(32-19(17)11-15)25-20(30)13-29-27-21(26-28-29)14-5-8-16(31-4)9-6-14/h5-6,8-9,15H,7,10-11,13H2,1-4H3,(H,25,30)/t15-/m1/s1. The summed E-state index contributed by atoms with van der Waals surface area (Å²) >= 11 is 1.52. The van der Waals surface area contributed by atoms with Gasteiger partial charge in [0.1, 0.15) is 23.4 Å². The second-order valence-corrected chi connectivity index (χ2v) is 10.2. The number of carbonyl (C=O) groups excluding carboxylic acids is 1. The van der Waals surface area contributed by atoms with E-state index >= 15 is 0 Å². The van der Waals surface area contributed by atoms with Crippen molar-refractivity contribution in [1.82, 2.24) is 20.2 Å². The highest BCUT2D eigenvalue weighted by Crippen LogP contribution is 2.43. The minimum Gasteiger partial charge on any atom is -0.497 e. The summed E-state index contributed by atoms with van der Waals surface area (Å²) in [5.74, 6) is 1.45. The minimum atomic E-state index is -0.286. The van der Waals surface area contributed by atoms with E-state index < -0.39 is 0 Å². The van der Waals surface area contributed by atoms with Crippen molar-refractivity contribution >= 4 is 22.2 Å². The number of nitrogens with one attached hydrogen (secondary N) is 1. The van der Waals surface area contributed by atoms with E-state index in [1.165, 1.54) is 21.0 Å².